The van der Waals surface area contributed by atoms with Gasteiger partial charge in [0.1, 0.15) is 11.3 Å². The van der Waals surface area contributed by atoms with Gasteiger partial charge in [-0.2, -0.15) is 0 Å². The molecule has 0 bridgehead atoms. The number of benzene rings is 1. The molecule has 1 aromatic carbocycles. The van der Waals surface area contributed by atoms with Gasteiger partial charge in [0.25, 0.3) is 5.91 Å². The third-order valence-electron chi connectivity index (χ3n) is 7.21. The fraction of sp³-hybridized carbons (Fsp3) is 0.667. The molecule has 6 nitrogen and oxygen atoms in total. The van der Waals surface area contributed by atoms with Crippen LogP contribution < -0.4 is 9.47 Å². The third-order valence-corrected chi connectivity index (χ3v) is 7.21. The zero-order valence-corrected chi connectivity index (χ0v) is 18.9. The number of hydrogen-bond donors (Lipinski definition) is 0. The highest BCUT2D eigenvalue weighted by Crippen LogP contribution is 2.46. The zero-order chi connectivity index (χ0) is 21.5. The quantitative estimate of drug-likeness (QED) is 0.738. The molecule has 4 rings (SSSR count). The summed E-state index contributed by atoms with van der Waals surface area (Å²) in [6, 6.07) is 4.00. The van der Waals surface area contributed by atoms with Crippen LogP contribution in [-0.4, -0.2) is 42.9 Å². The third kappa shape index (κ3) is 3.88. The van der Waals surface area contributed by atoms with E-state index in [-0.39, 0.29) is 11.5 Å². The fourth-order valence-electron chi connectivity index (χ4n) is 5.15. The Morgan fingerprint density at radius 1 is 1.13 bits per heavy atom. The number of methoxy groups -OCH3 is 2. The Morgan fingerprint density at radius 3 is 2.37 bits per heavy atom. The van der Waals surface area contributed by atoms with E-state index in [9.17, 15) is 4.79 Å². The van der Waals surface area contributed by atoms with Gasteiger partial charge < -0.3 is 19.2 Å². The minimum atomic E-state index is -0.267. The molecular formula is C24H34N2O4. The van der Waals surface area contributed by atoms with Crippen LogP contribution in [0.25, 0.3) is 0 Å². The Balaban J connectivity index is 1.41. The first-order chi connectivity index (χ1) is 14.2. The van der Waals surface area contributed by atoms with E-state index in [1.807, 2.05) is 17.0 Å². The van der Waals surface area contributed by atoms with E-state index in [0.29, 0.717) is 42.3 Å². The molecule has 0 N–H and O–H groups in total. The van der Waals surface area contributed by atoms with Gasteiger partial charge in [0, 0.05) is 19.5 Å². The van der Waals surface area contributed by atoms with Crippen LogP contribution in [0.5, 0.6) is 11.5 Å². The van der Waals surface area contributed by atoms with E-state index in [1.54, 1.807) is 14.2 Å². The first-order valence-electron chi connectivity index (χ1n) is 11.0. The van der Waals surface area contributed by atoms with E-state index in [0.717, 1.165) is 43.4 Å². The Bertz CT molecular complexity index is 847. The number of carbonyl (C=O) groups is 1. The molecule has 6 heteroatoms. The van der Waals surface area contributed by atoms with Crippen LogP contribution in [-0.2, 0) is 22.6 Å². The number of fused-ring (bicyclic) bond motifs is 1. The van der Waals surface area contributed by atoms with Crippen molar-refractivity contribution in [1.29, 1.82) is 0 Å². The van der Waals surface area contributed by atoms with Gasteiger partial charge in [-0.3, -0.25) is 4.79 Å². The van der Waals surface area contributed by atoms with Crippen molar-refractivity contribution in [1.82, 2.24) is 4.90 Å². The predicted molar refractivity (Wildman–Crippen MR) is 116 cm³/mol. The molecule has 0 unspecified atom stereocenters. The molecule has 3 aliphatic rings. The summed E-state index contributed by atoms with van der Waals surface area (Å²) in [5.74, 6) is 2.14. The largest absolute Gasteiger partial charge is 0.493 e. The van der Waals surface area contributed by atoms with Crippen molar-refractivity contribution in [2.75, 3.05) is 20.8 Å². The van der Waals surface area contributed by atoms with Crippen molar-refractivity contribution in [3.05, 3.63) is 23.3 Å². The van der Waals surface area contributed by atoms with Crippen molar-refractivity contribution in [2.45, 2.75) is 71.4 Å². The molecule has 1 aromatic rings. The highest BCUT2D eigenvalue weighted by Gasteiger charge is 2.46. The number of amides is 1. The minimum absolute atomic E-state index is 0.00487. The molecule has 0 saturated heterocycles. The van der Waals surface area contributed by atoms with Gasteiger partial charge in [0.2, 0.25) is 0 Å². The van der Waals surface area contributed by atoms with Crippen molar-refractivity contribution < 1.29 is 19.1 Å². The maximum atomic E-state index is 13.2. The second-order valence-electron chi connectivity index (χ2n) is 10.1. The predicted octanol–water partition coefficient (Wildman–Crippen LogP) is 4.34. The molecule has 0 atom stereocenters. The monoisotopic (exact) mass is 414 g/mol. The first kappa shape index (κ1) is 21.0. The molecule has 1 saturated carbocycles. The summed E-state index contributed by atoms with van der Waals surface area (Å²) in [6.45, 7) is 8.19. The average Bonchev–Trinajstić information content (AvgIpc) is 3.14. The van der Waals surface area contributed by atoms with Gasteiger partial charge in [-0.05, 0) is 66.7 Å². The summed E-state index contributed by atoms with van der Waals surface area (Å²) in [4.78, 5) is 21.0. The summed E-state index contributed by atoms with van der Waals surface area (Å²) < 4.78 is 10.8. The molecule has 1 spiro atoms. The lowest BCUT2D eigenvalue weighted by atomic mass is 9.67. The number of nitrogens with zero attached hydrogens (tertiary/aromatic N) is 2. The number of oxime groups is 1. The van der Waals surface area contributed by atoms with Crippen LogP contribution in [0, 0.1) is 11.3 Å². The van der Waals surface area contributed by atoms with Gasteiger partial charge in [-0.15, -0.1) is 0 Å². The van der Waals surface area contributed by atoms with Crippen molar-refractivity contribution in [2.24, 2.45) is 16.5 Å². The molecule has 2 heterocycles. The second-order valence-corrected chi connectivity index (χ2v) is 10.1. The number of ether oxygens (including phenoxy) is 2. The maximum Gasteiger partial charge on any atom is 0.272 e. The SMILES string of the molecule is COc1cc2c(cc1OC)CN(C(=O)C1=NO[C@]3(CC[C@@H](C(C)(C)C)CC3)C1)CC2. The topological polar surface area (TPSA) is 60.4 Å². The van der Waals surface area contributed by atoms with E-state index in [4.69, 9.17) is 14.3 Å². The van der Waals surface area contributed by atoms with Crippen LogP contribution in [0.2, 0.25) is 0 Å². The molecule has 0 aromatic heterocycles. The molecule has 1 aliphatic carbocycles. The molecule has 164 valence electrons. The van der Waals surface area contributed by atoms with Crippen molar-refractivity contribution in [3.8, 4) is 11.5 Å². The van der Waals surface area contributed by atoms with Crippen molar-refractivity contribution >= 4 is 11.6 Å². The van der Waals surface area contributed by atoms with Gasteiger partial charge in [0.15, 0.2) is 11.5 Å². The zero-order valence-electron chi connectivity index (χ0n) is 18.9. The Kier molecular flexibility index (Phi) is 5.45. The smallest absolute Gasteiger partial charge is 0.272 e. The van der Waals surface area contributed by atoms with Gasteiger partial charge in [0.05, 0.1) is 14.2 Å². The van der Waals surface area contributed by atoms with Crippen LogP contribution in [0.1, 0.15) is 64.0 Å². The molecular weight excluding hydrogens is 380 g/mol. The average molecular weight is 415 g/mol. The highest BCUT2D eigenvalue weighted by molar-refractivity contribution is 6.39. The molecule has 30 heavy (non-hydrogen) atoms. The lowest BCUT2D eigenvalue weighted by Crippen LogP contribution is -2.42. The lowest BCUT2D eigenvalue weighted by molar-refractivity contribution is -0.125. The normalized spacial score (nSPS) is 26.1. The summed E-state index contributed by atoms with van der Waals surface area (Å²) in [7, 11) is 3.28. The van der Waals surface area contributed by atoms with Gasteiger partial charge >= 0.3 is 0 Å². The number of rotatable bonds is 3. The van der Waals surface area contributed by atoms with Crippen LogP contribution in [0.15, 0.2) is 17.3 Å². The molecule has 1 fully saturated rings. The number of carbonyl (C=O) groups excluding carboxylic acids is 1. The Morgan fingerprint density at radius 2 is 1.77 bits per heavy atom. The summed E-state index contributed by atoms with van der Waals surface area (Å²) in [6.07, 6.45) is 5.68. The fourth-order valence-corrected chi connectivity index (χ4v) is 5.15. The van der Waals surface area contributed by atoms with Crippen molar-refractivity contribution in [3.63, 3.8) is 0 Å². The van der Waals surface area contributed by atoms with E-state index in [2.05, 4.69) is 25.9 Å². The van der Waals surface area contributed by atoms with Crippen LogP contribution >= 0.6 is 0 Å². The maximum absolute atomic E-state index is 13.2. The van der Waals surface area contributed by atoms with Gasteiger partial charge in [-0.25, -0.2) is 0 Å². The second kappa shape index (κ2) is 7.78. The molecule has 1 amide bonds. The summed E-state index contributed by atoms with van der Waals surface area (Å²) >= 11 is 0. The van der Waals surface area contributed by atoms with Gasteiger partial charge in [-0.1, -0.05) is 25.9 Å². The highest BCUT2D eigenvalue weighted by atomic mass is 16.7. The van der Waals surface area contributed by atoms with E-state index >= 15 is 0 Å². The Hall–Kier alpha value is -2.24. The summed E-state index contributed by atoms with van der Waals surface area (Å²) in [5, 5.41) is 4.27. The first-order valence-corrected chi connectivity index (χ1v) is 11.0. The molecule has 0 radical (unpaired) electrons. The van der Waals surface area contributed by atoms with Crippen LogP contribution in [0.3, 0.4) is 0 Å². The molecule has 2 aliphatic heterocycles. The van der Waals surface area contributed by atoms with Crippen LogP contribution in [0.4, 0.5) is 0 Å². The standard InChI is InChI=1S/C24H34N2O4/c1-23(2,3)18-6-9-24(10-7-18)14-19(25-30-24)22(27)26-11-8-16-12-20(28-4)21(29-5)13-17(16)15-26/h12-13,18H,6-11,14-15H2,1-5H3/t18-,24+. The lowest BCUT2D eigenvalue weighted by Gasteiger charge is -2.40. The van der Waals surface area contributed by atoms with E-state index in [1.165, 1.54) is 5.56 Å². The summed E-state index contributed by atoms with van der Waals surface area (Å²) in [5.41, 5.74) is 2.94. The number of hydrogen-bond acceptors (Lipinski definition) is 5. The minimum Gasteiger partial charge on any atom is -0.493 e. The van der Waals surface area contributed by atoms with E-state index < -0.39 is 0 Å². The Labute approximate surface area is 179 Å².